The van der Waals surface area contributed by atoms with Gasteiger partial charge < -0.3 is 0 Å². The fourth-order valence-corrected chi connectivity index (χ4v) is 5.43. The van der Waals surface area contributed by atoms with Gasteiger partial charge in [-0.2, -0.15) is 0 Å². The first-order chi connectivity index (χ1) is 8.90. The average molecular weight is 425 g/mol. The summed E-state index contributed by atoms with van der Waals surface area (Å²) in [4.78, 5) is 0. The molecule has 0 aliphatic carbocycles. The highest BCUT2D eigenvalue weighted by Crippen LogP contribution is 2.29. The summed E-state index contributed by atoms with van der Waals surface area (Å²) in [5.74, 6) is 0. The van der Waals surface area contributed by atoms with Gasteiger partial charge in [-0.05, 0) is 52.0 Å². The van der Waals surface area contributed by atoms with Crippen LogP contribution in [-0.2, 0) is 10.0 Å². The molecule has 0 saturated carbocycles. The molecule has 7 heteroatoms. The summed E-state index contributed by atoms with van der Waals surface area (Å²) in [6.07, 6.45) is 0. The van der Waals surface area contributed by atoms with Crippen LogP contribution in [0.25, 0.3) is 0 Å². The minimum Gasteiger partial charge on any atom is -0.206 e. The predicted octanol–water partition coefficient (Wildman–Crippen LogP) is 4.31. The Bertz CT molecular complexity index is 665. The van der Waals surface area contributed by atoms with Crippen molar-refractivity contribution in [3.8, 4) is 0 Å². The van der Waals surface area contributed by atoms with Gasteiger partial charge in [-0.25, -0.2) is 13.1 Å². The topological polar surface area (TPSA) is 46.2 Å². The van der Waals surface area contributed by atoms with Gasteiger partial charge in [-0.15, -0.1) is 11.3 Å². The van der Waals surface area contributed by atoms with Crippen molar-refractivity contribution in [3.63, 3.8) is 0 Å². The molecular weight excluding hydrogens is 414 g/mol. The Morgan fingerprint density at radius 1 is 1.16 bits per heavy atom. The van der Waals surface area contributed by atoms with Crippen LogP contribution >= 0.6 is 43.2 Å². The maximum Gasteiger partial charge on any atom is 0.251 e. The van der Waals surface area contributed by atoms with E-state index in [1.54, 1.807) is 11.4 Å². The van der Waals surface area contributed by atoms with E-state index in [0.29, 0.717) is 8.68 Å². The number of rotatable bonds is 4. The second kappa shape index (κ2) is 6.05. The van der Waals surface area contributed by atoms with Crippen LogP contribution in [0.3, 0.4) is 0 Å². The molecule has 2 aromatic rings. The standard InChI is InChI=1S/C12H11Br2NO2S2/c1-8(9-2-4-10(13)5-3-9)15-19(16,17)12-11(14)6-7-18-12/h2-8,15H,1H3/t8-/m0/s1. The molecule has 3 nitrogen and oxygen atoms in total. The monoisotopic (exact) mass is 423 g/mol. The highest BCUT2D eigenvalue weighted by molar-refractivity contribution is 9.10. The van der Waals surface area contributed by atoms with Gasteiger partial charge in [0.15, 0.2) is 0 Å². The number of halogens is 2. The summed E-state index contributed by atoms with van der Waals surface area (Å²) in [5, 5.41) is 1.74. The number of thiophene rings is 1. The zero-order chi connectivity index (χ0) is 14.0. The van der Waals surface area contributed by atoms with Crippen molar-refractivity contribution >= 4 is 53.2 Å². The van der Waals surface area contributed by atoms with Crippen LogP contribution < -0.4 is 4.72 Å². The molecule has 0 radical (unpaired) electrons. The fourth-order valence-electron chi connectivity index (χ4n) is 1.58. The smallest absolute Gasteiger partial charge is 0.206 e. The van der Waals surface area contributed by atoms with Gasteiger partial charge in [-0.3, -0.25) is 0 Å². The van der Waals surface area contributed by atoms with Crippen LogP contribution in [0, 0.1) is 0 Å². The predicted molar refractivity (Wildman–Crippen MR) is 84.9 cm³/mol. The van der Waals surface area contributed by atoms with E-state index in [1.807, 2.05) is 31.2 Å². The Hall–Kier alpha value is -0.210. The summed E-state index contributed by atoms with van der Waals surface area (Å²) < 4.78 is 29.0. The van der Waals surface area contributed by atoms with E-state index in [9.17, 15) is 8.42 Å². The Morgan fingerprint density at radius 3 is 2.32 bits per heavy atom. The third kappa shape index (κ3) is 3.66. The number of nitrogens with one attached hydrogen (secondary N) is 1. The number of sulfonamides is 1. The summed E-state index contributed by atoms with van der Waals surface area (Å²) in [7, 11) is -3.50. The summed E-state index contributed by atoms with van der Waals surface area (Å²) >= 11 is 7.79. The molecule has 19 heavy (non-hydrogen) atoms. The minimum absolute atomic E-state index is 0.285. The summed E-state index contributed by atoms with van der Waals surface area (Å²) in [6, 6.07) is 9.00. The lowest BCUT2D eigenvalue weighted by Gasteiger charge is -2.14. The van der Waals surface area contributed by atoms with Crippen LogP contribution in [0.4, 0.5) is 0 Å². The SMILES string of the molecule is C[C@H](NS(=O)(=O)c1sccc1Br)c1ccc(Br)cc1. The van der Waals surface area contributed by atoms with Crippen molar-refractivity contribution in [1.29, 1.82) is 0 Å². The molecule has 1 heterocycles. The molecule has 2 rings (SSSR count). The van der Waals surface area contributed by atoms with Crippen molar-refractivity contribution in [1.82, 2.24) is 4.72 Å². The normalized spacial score (nSPS) is 13.4. The summed E-state index contributed by atoms with van der Waals surface area (Å²) in [5.41, 5.74) is 0.916. The van der Waals surface area contributed by atoms with Gasteiger partial charge in [0.05, 0.1) is 0 Å². The van der Waals surface area contributed by atoms with Crippen LogP contribution in [0.1, 0.15) is 18.5 Å². The van der Waals surface area contributed by atoms with Crippen LogP contribution in [0.5, 0.6) is 0 Å². The van der Waals surface area contributed by atoms with Crippen molar-refractivity contribution in [2.75, 3.05) is 0 Å². The number of hydrogen-bond donors (Lipinski definition) is 1. The fraction of sp³-hybridized carbons (Fsp3) is 0.167. The molecular formula is C12H11Br2NO2S2. The maximum absolute atomic E-state index is 12.2. The van der Waals surface area contributed by atoms with E-state index in [4.69, 9.17) is 0 Å². The summed E-state index contributed by atoms with van der Waals surface area (Å²) in [6.45, 7) is 1.82. The van der Waals surface area contributed by atoms with E-state index in [1.165, 1.54) is 11.3 Å². The molecule has 0 saturated heterocycles. The van der Waals surface area contributed by atoms with Gasteiger partial charge in [0.25, 0.3) is 10.0 Å². The van der Waals surface area contributed by atoms with E-state index in [0.717, 1.165) is 10.0 Å². The Kier molecular flexibility index (Phi) is 4.84. The molecule has 0 aliphatic rings. The van der Waals surface area contributed by atoms with Gasteiger partial charge in [0.2, 0.25) is 0 Å². The van der Waals surface area contributed by atoms with E-state index < -0.39 is 10.0 Å². The molecule has 0 bridgehead atoms. The number of benzene rings is 1. The third-order valence-electron chi connectivity index (χ3n) is 2.53. The molecule has 102 valence electrons. The second-order valence-electron chi connectivity index (χ2n) is 3.95. The Labute approximate surface area is 133 Å². The van der Waals surface area contributed by atoms with Crippen LogP contribution in [-0.4, -0.2) is 8.42 Å². The molecule has 0 unspecified atom stereocenters. The largest absolute Gasteiger partial charge is 0.251 e. The molecule has 0 amide bonds. The van der Waals surface area contributed by atoms with Gasteiger partial charge in [-0.1, -0.05) is 28.1 Å². The average Bonchev–Trinajstić information content (AvgIpc) is 2.76. The number of hydrogen-bond acceptors (Lipinski definition) is 3. The molecule has 0 aliphatic heterocycles. The lowest BCUT2D eigenvalue weighted by molar-refractivity contribution is 0.568. The first-order valence-corrected chi connectivity index (χ1v) is 9.36. The lowest BCUT2D eigenvalue weighted by Crippen LogP contribution is -2.26. The van der Waals surface area contributed by atoms with Crippen molar-refractivity contribution < 1.29 is 8.42 Å². The molecule has 1 N–H and O–H groups in total. The molecule has 1 atom stereocenters. The van der Waals surface area contributed by atoms with Crippen molar-refractivity contribution in [2.45, 2.75) is 17.2 Å². The maximum atomic E-state index is 12.2. The van der Waals surface area contributed by atoms with Crippen molar-refractivity contribution in [3.05, 3.63) is 50.2 Å². The quantitative estimate of drug-likeness (QED) is 0.794. The van der Waals surface area contributed by atoms with Crippen molar-refractivity contribution in [2.24, 2.45) is 0 Å². The highest BCUT2D eigenvalue weighted by Gasteiger charge is 2.22. The first-order valence-electron chi connectivity index (χ1n) is 5.41. The van der Waals surface area contributed by atoms with Gasteiger partial charge in [0, 0.05) is 15.0 Å². The van der Waals surface area contributed by atoms with Crippen LogP contribution in [0.15, 0.2) is 48.9 Å². The van der Waals surface area contributed by atoms with Gasteiger partial charge >= 0.3 is 0 Å². The molecule has 1 aromatic heterocycles. The lowest BCUT2D eigenvalue weighted by atomic mass is 10.1. The van der Waals surface area contributed by atoms with E-state index in [2.05, 4.69) is 36.6 Å². The van der Waals surface area contributed by atoms with E-state index in [-0.39, 0.29) is 6.04 Å². The Morgan fingerprint density at radius 2 is 1.79 bits per heavy atom. The molecule has 0 spiro atoms. The highest BCUT2D eigenvalue weighted by atomic mass is 79.9. The zero-order valence-corrected chi connectivity index (χ0v) is 14.7. The minimum atomic E-state index is -3.50. The molecule has 0 fully saturated rings. The van der Waals surface area contributed by atoms with E-state index >= 15 is 0 Å². The molecule has 1 aromatic carbocycles. The zero-order valence-electron chi connectivity index (χ0n) is 9.93. The van der Waals surface area contributed by atoms with Crippen LogP contribution in [0.2, 0.25) is 0 Å². The Balaban J connectivity index is 2.21. The second-order valence-corrected chi connectivity index (χ2v) is 8.55. The first kappa shape index (κ1) is 15.2. The third-order valence-corrected chi connectivity index (χ3v) is 7.27. The van der Waals surface area contributed by atoms with Gasteiger partial charge in [0.1, 0.15) is 4.21 Å².